The average molecular weight is 238 g/mol. The van der Waals surface area contributed by atoms with E-state index in [0.717, 1.165) is 11.2 Å². The van der Waals surface area contributed by atoms with Crippen molar-refractivity contribution in [2.75, 3.05) is 20.8 Å². The minimum atomic E-state index is 0.877. The van der Waals surface area contributed by atoms with Gasteiger partial charge >= 0.3 is 0 Å². The number of hydrogen-bond acceptors (Lipinski definition) is 0. The van der Waals surface area contributed by atoms with Crippen LogP contribution >= 0.6 is 0 Å². The topological polar surface area (TPSA) is 3.01 Å². The van der Waals surface area contributed by atoms with E-state index in [-0.39, 0.29) is 0 Å². The van der Waals surface area contributed by atoms with Crippen LogP contribution in [-0.2, 0) is 0 Å². The average Bonchev–Trinajstić information content (AvgIpc) is 2.39. The van der Waals surface area contributed by atoms with Crippen LogP contribution in [0.2, 0.25) is 0 Å². The zero-order chi connectivity index (χ0) is 12.6. The number of para-hydroxylation sites is 2. The van der Waals surface area contributed by atoms with Crippen LogP contribution in [0.15, 0.2) is 54.6 Å². The minimum Gasteiger partial charge on any atom is -0.240 e. The molecule has 0 unspecified atom stereocenters. The van der Waals surface area contributed by atoms with Gasteiger partial charge in [-0.25, -0.2) is 4.48 Å². The second-order valence-corrected chi connectivity index (χ2v) is 5.32. The molecule has 0 bridgehead atoms. The van der Waals surface area contributed by atoms with Crippen LogP contribution in [-0.4, -0.2) is 31.6 Å². The lowest BCUT2D eigenvalue weighted by atomic mass is 10.1. The van der Waals surface area contributed by atoms with Crippen LogP contribution in [0.3, 0.4) is 0 Å². The first kappa shape index (κ1) is 11.2. The monoisotopic (exact) mass is 238 g/mol. The van der Waals surface area contributed by atoms with Crippen LogP contribution in [0.1, 0.15) is 5.56 Å². The van der Waals surface area contributed by atoms with Crippen molar-refractivity contribution >= 4 is 17.6 Å². The van der Waals surface area contributed by atoms with E-state index in [1.165, 1.54) is 16.9 Å². The van der Waals surface area contributed by atoms with Gasteiger partial charge in [0.15, 0.2) is 11.9 Å². The summed E-state index contributed by atoms with van der Waals surface area (Å²) in [4.78, 5) is 0. The molecule has 0 aliphatic carbocycles. The lowest BCUT2D eigenvalue weighted by Gasteiger charge is -2.30. The van der Waals surface area contributed by atoms with Crippen molar-refractivity contribution < 1.29 is 4.58 Å². The second-order valence-electron chi connectivity index (χ2n) is 5.32. The lowest BCUT2D eigenvalue weighted by Crippen LogP contribution is -2.48. The van der Waals surface area contributed by atoms with Gasteiger partial charge in [-0.1, -0.05) is 30.3 Å². The molecule has 0 N–H and O–H groups in total. The van der Waals surface area contributed by atoms with Crippen molar-refractivity contribution in [3.8, 4) is 0 Å². The van der Waals surface area contributed by atoms with Crippen LogP contribution in [0.4, 0.5) is 11.4 Å². The summed E-state index contributed by atoms with van der Waals surface area (Å²) in [5.41, 5.74) is 3.93. The predicted octanol–water partition coefficient (Wildman–Crippen LogP) is 2.99. The van der Waals surface area contributed by atoms with Gasteiger partial charge in [0.2, 0.25) is 5.69 Å². The van der Waals surface area contributed by atoms with Gasteiger partial charge < -0.3 is 0 Å². The Bertz CT molecular complexity index is 598. The number of rotatable bonds is 1. The Morgan fingerprint density at radius 3 is 2.33 bits per heavy atom. The smallest absolute Gasteiger partial charge is 0.240 e. The van der Waals surface area contributed by atoms with Crippen LogP contribution < -0.4 is 4.48 Å². The fraction of sp³-hybridized carbons (Fsp3) is 0.188. The molecule has 2 nitrogen and oxygen atoms in total. The molecule has 1 heterocycles. The van der Waals surface area contributed by atoms with Crippen molar-refractivity contribution in [2.24, 2.45) is 0 Å². The SMILES string of the molecule is C[N+]1(C)C[N+](c2ccccc2)=Cc2ccccc21. The summed E-state index contributed by atoms with van der Waals surface area (Å²) in [6.45, 7) is 0.959. The molecule has 2 aromatic carbocycles. The summed E-state index contributed by atoms with van der Waals surface area (Å²) >= 11 is 0. The van der Waals surface area contributed by atoms with E-state index in [0.29, 0.717) is 0 Å². The molecule has 90 valence electrons. The number of benzene rings is 2. The Kier molecular flexibility index (Phi) is 2.53. The minimum absolute atomic E-state index is 0.877. The molecule has 0 aromatic heterocycles. The third-order valence-corrected chi connectivity index (χ3v) is 3.48. The Hall–Kier alpha value is -1.93. The fourth-order valence-electron chi connectivity index (χ4n) is 2.59. The maximum absolute atomic E-state index is 2.32. The van der Waals surface area contributed by atoms with E-state index in [9.17, 15) is 0 Å². The largest absolute Gasteiger partial charge is 0.280 e. The van der Waals surface area contributed by atoms with Gasteiger partial charge in [-0.15, -0.1) is 4.58 Å². The van der Waals surface area contributed by atoms with Crippen molar-refractivity contribution in [2.45, 2.75) is 0 Å². The molecule has 0 amide bonds. The Morgan fingerprint density at radius 1 is 0.889 bits per heavy atom. The standard InChI is InChI=1S/C16H18N2/c1-18(2)13-17(15-9-4-3-5-10-15)12-14-8-6-7-11-16(14)18/h3-12H,13H2,1-2H3/q+2. The van der Waals surface area contributed by atoms with E-state index < -0.39 is 0 Å². The molecule has 2 heteroatoms. The van der Waals surface area contributed by atoms with Crippen molar-refractivity contribution in [1.29, 1.82) is 0 Å². The summed E-state index contributed by atoms with van der Waals surface area (Å²) in [7, 11) is 4.50. The van der Waals surface area contributed by atoms with Gasteiger partial charge in [0.1, 0.15) is 0 Å². The number of nitrogens with zero attached hydrogens (tertiary/aromatic N) is 2. The highest BCUT2D eigenvalue weighted by Gasteiger charge is 2.33. The number of hydrogen-bond donors (Lipinski definition) is 0. The summed E-state index contributed by atoms with van der Waals surface area (Å²) in [5.74, 6) is 0. The highest BCUT2D eigenvalue weighted by Crippen LogP contribution is 2.28. The predicted molar refractivity (Wildman–Crippen MR) is 76.5 cm³/mol. The maximum atomic E-state index is 2.32. The highest BCUT2D eigenvalue weighted by atomic mass is 15.4. The van der Waals surface area contributed by atoms with E-state index in [1.807, 2.05) is 0 Å². The first-order valence-electron chi connectivity index (χ1n) is 6.26. The molecular formula is C16H18N2+2. The van der Waals surface area contributed by atoms with E-state index >= 15 is 0 Å². The van der Waals surface area contributed by atoms with E-state index in [4.69, 9.17) is 0 Å². The molecule has 3 rings (SSSR count). The van der Waals surface area contributed by atoms with Gasteiger partial charge in [0, 0.05) is 18.2 Å². The molecule has 1 aliphatic rings. The third-order valence-electron chi connectivity index (χ3n) is 3.48. The first-order chi connectivity index (χ1) is 8.67. The molecule has 0 spiro atoms. The summed E-state index contributed by atoms with van der Waals surface area (Å²) < 4.78 is 3.20. The molecule has 18 heavy (non-hydrogen) atoms. The molecule has 0 radical (unpaired) electrons. The van der Waals surface area contributed by atoms with Gasteiger partial charge in [0.05, 0.1) is 19.7 Å². The molecule has 2 aromatic rings. The van der Waals surface area contributed by atoms with Crippen LogP contribution in [0.25, 0.3) is 0 Å². The molecule has 0 saturated carbocycles. The Labute approximate surface area is 108 Å². The van der Waals surface area contributed by atoms with Gasteiger partial charge in [-0.2, -0.15) is 0 Å². The molecular weight excluding hydrogens is 220 g/mol. The first-order valence-corrected chi connectivity index (χ1v) is 6.26. The van der Waals surface area contributed by atoms with Gasteiger partial charge in [-0.3, -0.25) is 0 Å². The van der Waals surface area contributed by atoms with Gasteiger partial charge in [0.25, 0.3) is 6.67 Å². The quantitative estimate of drug-likeness (QED) is 0.531. The lowest BCUT2D eigenvalue weighted by molar-refractivity contribution is -0.459. The Morgan fingerprint density at radius 2 is 1.56 bits per heavy atom. The van der Waals surface area contributed by atoms with Gasteiger partial charge in [-0.05, 0) is 6.07 Å². The fourth-order valence-corrected chi connectivity index (χ4v) is 2.59. The molecule has 0 fully saturated rings. The van der Waals surface area contributed by atoms with E-state index in [2.05, 4.69) is 79.5 Å². The highest BCUT2D eigenvalue weighted by molar-refractivity contribution is 5.85. The maximum Gasteiger partial charge on any atom is 0.280 e. The normalized spacial score (nSPS) is 16.9. The summed E-state index contributed by atoms with van der Waals surface area (Å²) in [6.07, 6.45) is 2.24. The number of fused-ring (bicyclic) bond motifs is 1. The zero-order valence-corrected chi connectivity index (χ0v) is 10.9. The van der Waals surface area contributed by atoms with Crippen LogP contribution in [0.5, 0.6) is 0 Å². The summed E-state index contributed by atoms with van der Waals surface area (Å²) in [5, 5.41) is 0. The van der Waals surface area contributed by atoms with Crippen molar-refractivity contribution in [3.63, 3.8) is 0 Å². The Balaban J connectivity index is 2.14. The van der Waals surface area contributed by atoms with E-state index in [1.54, 1.807) is 0 Å². The molecule has 1 aliphatic heterocycles. The molecule has 0 atom stereocenters. The summed E-state index contributed by atoms with van der Waals surface area (Å²) in [6, 6.07) is 19.2. The molecule has 0 saturated heterocycles. The second kappa shape index (κ2) is 4.07. The van der Waals surface area contributed by atoms with Crippen molar-refractivity contribution in [3.05, 3.63) is 60.2 Å². The van der Waals surface area contributed by atoms with Crippen molar-refractivity contribution in [1.82, 2.24) is 4.48 Å². The van der Waals surface area contributed by atoms with Crippen LogP contribution in [0, 0.1) is 0 Å². The number of quaternary nitrogens is 1. The third kappa shape index (κ3) is 1.85. The zero-order valence-electron chi connectivity index (χ0n) is 10.9.